The Kier molecular flexibility index (Phi) is 6.49. The van der Waals surface area contributed by atoms with Gasteiger partial charge in [-0.1, -0.05) is 81.0 Å². The lowest BCUT2D eigenvalue weighted by Gasteiger charge is -2.34. The molecule has 0 aromatic heterocycles. The van der Waals surface area contributed by atoms with E-state index in [2.05, 4.69) is 54.5 Å². The molecule has 0 N–H and O–H groups in total. The van der Waals surface area contributed by atoms with Crippen molar-refractivity contribution in [2.45, 2.75) is 44.7 Å². The van der Waals surface area contributed by atoms with E-state index in [1.165, 1.54) is 43.2 Å². The molecule has 0 bridgehead atoms. The van der Waals surface area contributed by atoms with Crippen molar-refractivity contribution >= 4 is 0 Å². The first-order valence-electron chi connectivity index (χ1n) is 8.05. The summed E-state index contributed by atoms with van der Waals surface area (Å²) >= 11 is 0. The highest BCUT2D eigenvalue weighted by Gasteiger charge is 2.21. The predicted molar refractivity (Wildman–Crippen MR) is 92.2 cm³/mol. The van der Waals surface area contributed by atoms with Crippen molar-refractivity contribution in [3.8, 4) is 0 Å². The molecular formula is C20H27N. The lowest BCUT2D eigenvalue weighted by atomic mass is 9.93. The minimum Gasteiger partial charge on any atom is -0.292 e. The minimum absolute atomic E-state index is 0.701. The fraction of sp³-hybridized carbons (Fsp3) is 0.400. The summed E-state index contributed by atoms with van der Waals surface area (Å²) in [7, 11) is 0. The highest BCUT2D eigenvalue weighted by molar-refractivity contribution is 5.23. The molecule has 0 spiro atoms. The Morgan fingerprint density at radius 1 is 1.10 bits per heavy atom. The van der Waals surface area contributed by atoms with Crippen molar-refractivity contribution in [1.82, 2.24) is 4.90 Å². The van der Waals surface area contributed by atoms with Crippen molar-refractivity contribution in [2.24, 2.45) is 0 Å². The summed E-state index contributed by atoms with van der Waals surface area (Å²) < 4.78 is 0. The highest BCUT2D eigenvalue weighted by Crippen LogP contribution is 2.25. The lowest BCUT2D eigenvalue weighted by Crippen LogP contribution is -2.37. The molecule has 0 saturated heterocycles. The van der Waals surface area contributed by atoms with Crippen LogP contribution in [0.3, 0.4) is 0 Å². The Morgan fingerprint density at radius 2 is 1.81 bits per heavy atom. The van der Waals surface area contributed by atoms with Gasteiger partial charge in [-0.15, -0.1) is 0 Å². The summed E-state index contributed by atoms with van der Waals surface area (Å²) in [6.07, 6.45) is 12.7. The number of benzene rings is 1. The Hall–Kier alpha value is -1.60. The maximum absolute atomic E-state index is 3.94. The van der Waals surface area contributed by atoms with E-state index in [4.69, 9.17) is 0 Å². The Bertz CT molecular complexity index is 466. The first kappa shape index (κ1) is 15.8. The normalized spacial score (nSPS) is 16.9. The molecule has 1 heteroatoms. The minimum atomic E-state index is 0.701. The molecule has 2 rings (SSSR count). The Morgan fingerprint density at radius 3 is 2.43 bits per heavy atom. The van der Waals surface area contributed by atoms with E-state index in [-0.39, 0.29) is 0 Å². The summed E-state index contributed by atoms with van der Waals surface area (Å²) in [6.45, 7) is 9.74. The van der Waals surface area contributed by atoms with Crippen LogP contribution in [0.1, 0.15) is 37.7 Å². The van der Waals surface area contributed by atoms with E-state index in [1.807, 2.05) is 12.2 Å². The maximum Gasteiger partial charge on any atom is 0.0240 e. The van der Waals surface area contributed by atoms with Gasteiger partial charge in [0.15, 0.2) is 0 Å². The van der Waals surface area contributed by atoms with E-state index in [9.17, 15) is 0 Å². The van der Waals surface area contributed by atoms with Crippen LogP contribution >= 0.6 is 0 Å². The van der Waals surface area contributed by atoms with Gasteiger partial charge >= 0.3 is 0 Å². The van der Waals surface area contributed by atoms with Crippen LogP contribution in [0.15, 0.2) is 67.3 Å². The molecule has 21 heavy (non-hydrogen) atoms. The van der Waals surface area contributed by atoms with Crippen LogP contribution in [0.2, 0.25) is 0 Å². The van der Waals surface area contributed by atoms with Crippen LogP contribution in [0.25, 0.3) is 0 Å². The van der Waals surface area contributed by atoms with Crippen molar-refractivity contribution < 1.29 is 0 Å². The molecule has 0 atom stereocenters. The van der Waals surface area contributed by atoms with E-state index in [0.29, 0.717) is 6.04 Å². The molecule has 1 aromatic carbocycles. The van der Waals surface area contributed by atoms with Crippen LogP contribution in [0, 0.1) is 0 Å². The molecule has 1 saturated carbocycles. The van der Waals surface area contributed by atoms with E-state index in [0.717, 1.165) is 13.1 Å². The molecule has 0 radical (unpaired) electrons. The van der Waals surface area contributed by atoms with Gasteiger partial charge in [-0.05, 0) is 24.0 Å². The third-order valence-electron chi connectivity index (χ3n) is 4.30. The molecule has 112 valence electrons. The number of rotatable bonds is 7. The zero-order valence-corrected chi connectivity index (χ0v) is 13.0. The molecule has 0 unspecified atom stereocenters. The molecule has 0 heterocycles. The average molecular weight is 281 g/mol. The molecule has 1 fully saturated rings. The third kappa shape index (κ3) is 5.02. The molecule has 1 nitrogen and oxygen atoms in total. The van der Waals surface area contributed by atoms with Crippen molar-refractivity contribution in [1.29, 1.82) is 0 Å². The van der Waals surface area contributed by atoms with Crippen LogP contribution in [-0.2, 0) is 6.54 Å². The van der Waals surface area contributed by atoms with Gasteiger partial charge in [-0.25, -0.2) is 0 Å². The van der Waals surface area contributed by atoms with Gasteiger partial charge in [0, 0.05) is 19.1 Å². The quantitative estimate of drug-likeness (QED) is 0.627. The monoisotopic (exact) mass is 281 g/mol. The smallest absolute Gasteiger partial charge is 0.0240 e. The summed E-state index contributed by atoms with van der Waals surface area (Å²) in [6, 6.07) is 11.5. The van der Waals surface area contributed by atoms with Crippen molar-refractivity contribution in [2.75, 3.05) is 6.54 Å². The first-order chi connectivity index (χ1) is 10.3. The number of hydrogen-bond donors (Lipinski definition) is 0. The molecule has 0 amide bonds. The van der Waals surface area contributed by atoms with Crippen LogP contribution in [0.4, 0.5) is 0 Å². The second-order valence-corrected chi connectivity index (χ2v) is 5.86. The summed E-state index contributed by atoms with van der Waals surface area (Å²) in [5, 5.41) is 0. The number of nitrogens with zero attached hydrogens (tertiary/aromatic N) is 1. The maximum atomic E-state index is 3.94. The van der Waals surface area contributed by atoms with E-state index >= 15 is 0 Å². The van der Waals surface area contributed by atoms with E-state index in [1.54, 1.807) is 0 Å². The Labute approximate surface area is 129 Å². The Balaban J connectivity index is 2.10. The molecule has 0 aliphatic heterocycles. The average Bonchev–Trinajstić information content (AvgIpc) is 2.55. The summed E-state index contributed by atoms with van der Waals surface area (Å²) in [5.74, 6) is 0. The third-order valence-corrected chi connectivity index (χ3v) is 4.30. The van der Waals surface area contributed by atoms with Gasteiger partial charge in [0.2, 0.25) is 0 Å². The zero-order chi connectivity index (χ0) is 14.9. The van der Waals surface area contributed by atoms with Gasteiger partial charge in [-0.3, -0.25) is 4.90 Å². The standard InChI is InChI=1S/C20H27N/c1-3-11-18(4-2)16-21(20-14-9-6-10-15-20)17-19-12-7-5-8-13-19/h3-5,7-8,11-13,20H,1-2,6,9-10,14-17H2/b18-11+. The molecule has 1 aromatic rings. The molecule has 1 aliphatic rings. The summed E-state index contributed by atoms with van der Waals surface area (Å²) in [4.78, 5) is 2.62. The van der Waals surface area contributed by atoms with Crippen LogP contribution in [-0.4, -0.2) is 17.5 Å². The van der Waals surface area contributed by atoms with Crippen LogP contribution in [0.5, 0.6) is 0 Å². The second kappa shape index (κ2) is 8.63. The summed E-state index contributed by atoms with van der Waals surface area (Å²) in [5.41, 5.74) is 2.65. The van der Waals surface area contributed by atoms with E-state index < -0.39 is 0 Å². The first-order valence-corrected chi connectivity index (χ1v) is 8.05. The number of hydrogen-bond acceptors (Lipinski definition) is 1. The fourth-order valence-corrected chi connectivity index (χ4v) is 3.15. The van der Waals surface area contributed by atoms with Gasteiger partial charge in [0.05, 0.1) is 0 Å². The zero-order valence-electron chi connectivity index (χ0n) is 13.0. The SMILES string of the molecule is C=C/C=C(\C=C)CN(Cc1ccccc1)C1CCCCC1. The largest absolute Gasteiger partial charge is 0.292 e. The van der Waals surface area contributed by atoms with Gasteiger partial charge in [0.1, 0.15) is 0 Å². The highest BCUT2D eigenvalue weighted by atomic mass is 15.2. The fourth-order valence-electron chi connectivity index (χ4n) is 3.15. The van der Waals surface area contributed by atoms with Crippen molar-refractivity contribution in [3.63, 3.8) is 0 Å². The molecule has 1 aliphatic carbocycles. The van der Waals surface area contributed by atoms with Gasteiger partial charge < -0.3 is 0 Å². The topological polar surface area (TPSA) is 3.24 Å². The second-order valence-electron chi connectivity index (χ2n) is 5.86. The van der Waals surface area contributed by atoms with Crippen molar-refractivity contribution in [3.05, 3.63) is 72.9 Å². The predicted octanol–water partition coefficient (Wildman–Crippen LogP) is 5.12. The van der Waals surface area contributed by atoms with Gasteiger partial charge in [-0.2, -0.15) is 0 Å². The van der Waals surface area contributed by atoms with Crippen LogP contribution < -0.4 is 0 Å². The number of allylic oxidation sites excluding steroid dienone is 2. The lowest BCUT2D eigenvalue weighted by molar-refractivity contribution is 0.162. The molecular weight excluding hydrogens is 254 g/mol. The van der Waals surface area contributed by atoms with Gasteiger partial charge in [0.25, 0.3) is 0 Å².